The molecule has 0 bridgehead atoms. The smallest absolute Gasteiger partial charge is 0.261 e. The first-order chi connectivity index (χ1) is 38.5. The molecule has 1 aliphatic rings. The summed E-state index contributed by atoms with van der Waals surface area (Å²) >= 11 is 0. The van der Waals surface area contributed by atoms with Crippen LogP contribution in [0.2, 0.25) is 0 Å². The lowest BCUT2D eigenvalue weighted by Crippen LogP contribution is -2.58. The molecule has 0 spiro atoms. The van der Waals surface area contributed by atoms with E-state index < -0.39 is 71.8 Å². The molecular weight excluding hydrogens is 1030 g/mol. The first-order valence-corrected chi connectivity index (χ1v) is 26.8. The summed E-state index contributed by atoms with van der Waals surface area (Å²) in [5, 5.41) is 26.5. The molecule has 0 aliphatic carbocycles. The van der Waals surface area contributed by atoms with Gasteiger partial charge < -0.3 is 69.0 Å². The number of phenolic OH excluding ortho intramolecular Hbond substituents is 1. The Morgan fingerprint density at radius 1 is 0.775 bits per heavy atom. The normalized spacial score (nSPS) is 14.6. The van der Waals surface area contributed by atoms with E-state index in [2.05, 4.69) is 51.8 Å². The highest BCUT2D eigenvalue weighted by molar-refractivity contribution is 5.99. The van der Waals surface area contributed by atoms with Crippen molar-refractivity contribution in [3.63, 3.8) is 0 Å². The minimum Gasteiger partial charge on any atom is -0.508 e. The third kappa shape index (κ3) is 17.3. The van der Waals surface area contributed by atoms with Gasteiger partial charge in [0.1, 0.15) is 42.5 Å². The lowest BCUT2D eigenvalue weighted by Gasteiger charge is -2.38. The van der Waals surface area contributed by atoms with Crippen LogP contribution < -0.4 is 59.6 Å². The predicted octanol–water partition coefficient (Wildman–Crippen LogP) is -0.328. The standard InChI is InChI=1S/C55H74N16O9/c1-4-34(2)47(68-48(74)36-11-6-5-7-12-36)52(78)65-43(13-8-9-21-56)54(80)70-25-23-69(24-26-70)38-17-20-41-40(29-38)53(79)71(33-63-41)31-46(73)64-42(14-10-22-61-55(57)58)50(76)67-45(28-37-30-60-32-62-37)51(77)66-44(49(75)59-3)27-35-15-18-39(72)19-16-35/h5-7,11-12,15-20,29-30,32-34,42-45,47,72H,4,8-10,13-14,21-28,31,56H2,1-3H3,(H,59,75)(H,60,62)(H,64,73)(H,65,78)(H,66,77)(H,67,76)(H,68,74)(H4,57,58,61)/t34-,42-,43-,44-,45-,47-/m0/s1. The Bertz CT molecular complexity index is 2980. The number of likely N-dealkylation sites (N-methyl/N-ethyl adjacent to an activating group) is 1. The number of phenols is 1. The number of hydrogen-bond donors (Lipinski definition) is 11. The molecule has 25 nitrogen and oxygen atoms in total. The van der Waals surface area contributed by atoms with E-state index in [-0.39, 0.29) is 67.1 Å². The van der Waals surface area contributed by atoms with Gasteiger partial charge in [-0.2, -0.15) is 0 Å². The SMILES string of the molecule is CC[C@H](C)[C@H](NC(=O)c1ccccc1)C(=O)N[C@@H](CCCCN)C(=O)N1CCN(c2ccc3ncn(CC(=O)N[C@@H](CCCN=C(N)N)C(=O)N[C@@H](Cc4cnc[nH]4)C(=O)N[C@@H](Cc4ccc(O)cc4)C(=O)NC)c(=O)c3c2)CC1. The zero-order valence-corrected chi connectivity index (χ0v) is 45.4. The maximum Gasteiger partial charge on any atom is 0.261 e. The Kier molecular flexibility index (Phi) is 22.5. The van der Waals surface area contributed by atoms with E-state index in [4.69, 9.17) is 17.2 Å². The quantitative estimate of drug-likeness (QED) is 0.0174. The number of aromatic hydroxyl groups is 1. The van der Waals surface area contributed by atoms with Crippen LogP contribution in [0.5, 0.6) is 5.75 Å². The van der Waals surface area contributed by atoms with Crippen LogP contribution in [0.1, 0.15) is 74.0 Å². The number of amides is 7. The largest absolute Gasteiger partial charge is 0.508 e. The average molecular weight is 1100 g/mol. The Morgan fingerprint density at radius 3 is 2.10 bits per heavy atom. The number of H-pyrrole nitrogens is 1. The van der Waals surface area contributed by atoms with E-state index in [9.17, 15) is 43.5 Å². The van der Waals surface area contributed by atoms with Gasteiger partial charge in [0, 0.05) is 75.8 Å². The van der Waals surface area contributed by atoms with Gasteiger partial charge in [0.05, 0.1) is 23.6 Å². The number of imidazole rings is 1. The average Bonchev–Trinajstić information content (AvgIpc) is 3.99. The summed E-state index contributed by atoms with van der Waals surface area (Å²) in [6.45, 7) is 5.21. The van der Waals surface area contributed by atoms with Gasteiger partial charge in [0.15, 0.2) is 5.96 Å². The molecule has 0 saturated carbocycles. The van der Waals surface area contributed by atoms with Crippen molar-refractivity contribution in [2.24, 2.45) is 28.1 Å². The number of guanidine groups is 1. The number of piperazine rings is 1. The van der Waals surface area contributed by atoms with Crippen molar-refractivity contribution in [3.8, 4) is 5.75 Å². The van der Waals surface area contributed by atoms with E-state index >= 15 is 0 Å². The van der Waals surface area contributed by atoms with Gasteiger partial charge >= 0.3 is 0 Å². The zero-order valence-electron chi connectivity index (χ0n) is 45.4. The fourth-order valence-electron chi connectivity index (χ4n) is 9.18. The van der Waals surface area contributed by atoms with Crippen molar-refractivity contribution in [1.29, 1.82) is 0 Å². The molecule has 2 aromatic heterocycles. The Balaban J connectivity index is 1.13. The Labute approximate surface area is 463 Å². The summed E-state index contributed by atoms with van der Waals surface area (Å²) < 4.78 is 1.12. The number of aromatic nitrogens is 4. The molecule has 428 valence electrons. The van der Waals surface area contributed by atoms with Crippen molar-refractivity contribution >= 4 is 63.9 Å². The summed E-state index contributed by atoms with van der Waals surface area (Å²) in [6, 6.07) is 14.6. The number of fused-ring (bicyclic) bond motifs is 1. The van der Waals surface area contributed by atoms with Gasteiger partial charge in [-0.15, -0.1) is 0 Å². The van der Waals surface area contributed by atoms with Crippen LogP contribution in [0.25, 0.3) is 10.9 Å². The molecule has 1 saturated heterocycles. The minimum absolute atomic E-state index is 0.0126. The number of benzene rings is 3. The number of nitrogens with two attached hydrogens (primary N) is 3. The van der Waals surface area contributed by atoms with Crippen LogP contribution in [0.4, 0.5) is 5.69 Å². The second-order valence-electron chi connectivity index (χ2n) is 19.7. The molecule has 80 heavy (non-hydrogen) atoms. The van der Waals surface area contributed by atoms with Crippen molar-refractivity contribution in [2.45, 2.75) is 102 Å². The van der Waals surface area contributed by atoms with Crippen molar-refractivity contribution < 1.29 is 38.7 Å². The molecule has 14 N–H and O–H groups in total. The molecule has 25 heteroatoms. The van der Waals surface area contributed by atoms with E-state index in [0.29, 0.717) is 86.4 Å². The monoisotopic (exact) mass is 1100 g/mol. The topological polar surface area (TPSA) is 372 Å². The highest BCUT2D eigenvalue weighted by atomic mass is 16.3. The molecular formula is C55H74N16O9. The molecule has 5 aromatic rings. The van der Waals surface area contributed by atoms with Gasteiger partial charge in [-0.1, -0.05) is 50.6 Å². The number of nitrogens with zero attached hydrogens (tertiary/aromatic N) is 6. The number of unbranched alkanes of at least 4 members (excludes halogenated alkanes) is 1. The number of hydrogen-bond acceptors (Lipinski definition) is 14. The summed E-state index contributed by atoms with van der Waals surface area (Å²) in [4.78, 5) is 129. The number of carbonyl (C=O) groups excluding carboxylic acids is 7. The second kappa shape index (κ2) is 29.8. The maximum atomic E-state index is 14.2. The van der Waals surface area contributed by atoms with E-state index in [1.165, 1.54) is 38.0 Å². The Morgan fingerprint density at radius 2 is 1.45 bits per heavy atom. The van der Waals surface area contributed by atoms with Crippen LogP contribution in [-0.2, 0) is 48.2 Å². The van der Waals surface area contributed by atoms with E-state index in [1.54, 1.807) is 59.5 Å². The molecule has 3 heterocycles. The number of aromatic amines is 1. The van der Waals surface area contributed by atoms with Crippen LogP contribution in [0.15, 0.2) is 101 Å². The van der Waals surface area contributed by atoms with Gasteiger partial charge in [0.2, 0.25) is 35.4 Å². The van der Waals surface area contributed by atoms with Crippen molar-refractivity contribution in [3.05, 3.63) is 119 Å². The number of rotatable bonds is 28. The van der Waals surface area contributed by atoms with Crippen LogP contribution in [-0.4, -0.2) is 153 Å². The summed E-state index contributed by atoms with van der Waals surface area (Å²) in [7, 11) is 1.42. The molecule has 0 unspecified atom stereocenters. The highest BCUT2D eigenvalue weighted by Gasteiger charge is 2.34. The second-order valence-corrected chi connectivity index (χ2v) is 19.7. The van der Waals surface area contributed by atoms with Crippen LogP contribution in [0, 0.1) is 5.92 Å². The van der Waals surface area contributed by atoms with E-state index in [1.807, 2.05) is 24.8 Å². The molecule has 1 aliphatic heterocycles. The Hall–Kier alpha value is -8.87. The lowest BCUT2D eigenvalue weighted by molar-refractivity contribution is -0.137. The predicted molar refractivity (Wildman–Crippen MR) is 301 cm³/mol. The lowest BCUT2D eigenvalue weighted by atomic mass is 9.97. The van der Waals surface area contributed by atoms with Crippen molar-refractivity contribution in [2.75, 3.05) is 51.2 Å². The molecule has 1 fully saturated rings. The molecule has 6 atom stereocenters. The number of carbonyl (C=O) groups is 7. The van der Waals surface area contributed by atoms with Crippen LogP contribution in [0.3, 0.4) is 0 Å². The molecule has 6 rings (SSSR count). The fourth-order valence-corrected chi connectivity index (χ4v) is 9.18. The van der Waals surface area contributed by atoms with Crippen molar-refractivity contribution in [1.82, 2.24) is 56.3 Å². The first kappa shape index (κ1) is 60.4. The number of aliphatic imine (C=N–C) groups is 1. The molecule has 7 amide bonds. The number of anilines is 1. The van der Waals surface area contributed by atoms with Gasteiger partial charge in [-0.3, -0.25) is 47.9 Å². The summed E-state index contributed by atoms with van der Waals surface area (Å²) in [6.07, 6.45) is 6.55. The zero-order chi connectivity index (χ0) is 57.7. The van der Waals surface area contributed by atoms with Crippen LogP contribution >= 0.6 is 0 Å². The number of nitrogens with one attached hydrogen (secondary N) is 7. The third-order valence-corrected chi connectivity index (χ3v) is 13.9. The fraction of sp³-hybridized carbons (Fsp3) is 0.436. The van der Waals surface area contributed by atoms with E-state index in [0.717, 1.165) is 4.57 Å². The van der Waals surface area contributed by atoms with Gasteiger partial charge in [-0.25, -0.2) is 9.97 Å². The van der Waals surface area contributed by atoms with Gasteiger partial charge in [0.25, 0.3) is 11.5 Å². The molecule has 3 aromatic carbocycles. The summed E-state index contributed by atoms with van der Waals surface area (Å²) in [5.74, 6) is -4.15. The maximum absolute atomic E-state index is 14.2. The first-order valence-electron chi connectivity index (χ1n) is 26.8. The minimum atomic E-state index is -1.28. The highest BCUT2D eigenvalue weighted by Crippen LogP contribution is 2.22. The summed E-state index contributed by atoms with van der Waals surface area (Å²) in [5.41, 5.74) is 18.9. The molecule has 0 radical (unpaired) electrons. The van der Waals surface area contributed by atoms with Gasteiger partial charge in [-0.05, 0) is 92.6 Å². The third-order valence-electron chi connectivity index (χ3n) is 13.9.